The number of hydrogen-bond donors (Lipinski definition) is 0. The van der Waals surface area contributed by atoms with E-state index < -0.39 is 0 Å². The molecule has 39 heavy (non-hydrogen) atoms. The fourth-order valence-corrected chi connectivity index (χ4v) is 5.15. The number of rotatable bonds is 2. The molecule has 3 aromatic carbocycles. The molecule has 198 valence electrons. The first-order valence-corrected chi connectivity index (χ1v) is 14.2. The van der Waals surface area contributed by atoms with Gasteiger partial charge in [0, 0.05) is 59.2 Å². The van der Waals surface area contributed by atoms with Gasteiger partial charge >= 0.3 is 0 Å². The molecule has 2 heterocycles. The van der Waals surface area contributed by atoms with E-state index in [0.29, 0.717) is 11.8 Å². The lowest BCUT2D eigenvalue weighted by molar-refractivity contribution is 0.0700. The van der Waals surface area contributed by atoms with Gasteiger partial charge in [-0.2, -0.15) is 0 Å². The number of nitrogens with zero attached hydrogens (tertiary/aromatic N) is 2. The maximum Gasteiger partial charge on any atom is 0.253 e. The molecule has 2 amide bonds. The molecule has 0 aliphatic carbocycles. The summed E-state index contributed by atoms with van der Waals surface area (Å²) in [5.74, 6) is 10.3. The fourth-order valence-electron chi connectivity index (χ4n) is 4.75. The summed E-state index contributed by atoms with van der Waals surface area (Å²) in [5, 5.41) is 0. The first kappa shape index (κ1) is 28.2. The molecule has 0 unspecified atom stereocenters. The predicted octanol–water partition coefficient (Wildman–Crippen LogP) is 6.53. The average Bonchev–Trinajstić information content (AvgIpc) is 3.01. The van der Waals surface area contributed by atoms with Crippen molar-refractivity contribution in [3.05, 3.63) is 106 Å². The normalized spacial score (nSPS) is 15.7. The summed E-state index contributed by atoms with van der Waals surface area (Å²) in [4.78, 5) is 28.3. The molecule has 0 N–H and O–H groups in total. The molecule has 0 spiro atoms. The van der Waals surface area contributed by atoms with Gasteiger partial charge in [0.25, 0.3) is 11.8 Å². The Morgan fingerprint density at radius 3 is 1.64 bits per heavy atom. The second kappa shape index (κ2) is 14.4. The Morgan fingerprint density at radius 1 is 0.692 bits per heavy atom. The summed E-state index contributed by atoms with van der Waals surface area (Å²) in [5.41, 5.74) is 2.56. The number of likely N-dealkylation sites (tertiary alicyclic amines) is 2. The Morgan fingerprint density at radius 2 is 1.18 bits per heavy atom. The van der Waals surface area contributed by atoms with Crippen LogP contribution in [0.15, 0.2) is 89.4 Å². The van der Waals surface area contributed by atoms with Crippen LogP contribution in [0.1, 0.15) is 52.0 Å². The number of hydrogen-bond acceptors (Lipinski definition) is 2. The zero-order valence-corrected chi connectivity index (χ0v) is 23.6. The smallest absolute Gasteiger partial charge is 0.253 e. The van der Waals surface area contributed by atoms with Crippen LogP contribution in [0.5, 0.6) is 0 Å². The molecule has 0 aromatic heterocycles. The summed E-state index contributed by atoms with van der Waals surface area (Å²) >= 11 is 3.46. The number of piperidine rings is 2. The third-order valence-corrected chi connectivity index (χ3v) is 7.58. The van der Waals surface area contributed by atoms with Crippen LogP contribution in [0.2, 0.25) is 0 Å². The lowest BCUT2D eigenvalue weighted by atomic mass is 9.96. The molecule has 0 saturated carbocycles. The summed E-state index contributed by atoms with van der Waals surface area (Å²) in [6.07, 6.45) is 9.12. The standard InChI is InChI=1S/C20H18BrNO.C14H15NO/c21-19-8-4-5-17(15-19)10-9-16-11-13-22(14-12-16)20(23)18-6-2-1-3-7-18;1-2-12-8-10-15(11-9-12)14(16)13-6-4-3-5-7-13/h1-8,15-16H,11-14H2;1,3-7,12H,8-11H2. The number of amides is 2. The van der Waals surface area contributed by atoms with Crippen LogP contribution < -0.4 is 0 Å². The van der Waals surface area contributed by atoms with Gasteiger partial charge in [-0.15, -0.1) is 12.3 Å². The van der Waals surface area contributed by atoms with E-state index in [2.05, 4.69) is 33.7 Å². The Hall–Kier alpha value is -3.80. The maximum atomic E-state index is 12.4. The monoisotopic (exact) mass is 580 g/mol. The zero-order chi connectivity index (χ0) is 27.5. The number of halogens is 1. The molecule has 2 aliphatic heterocycles. The minimum atomic E-state index is 0.121. The van der Waals surface area contributed by atoms with Gasteiger partial charge in [0.15, 0.2) is 0 Å². The van der Waals surface area contributed by atoms with Crippen LogP contribution in [0, 0.1) is 36.0 Å². The van der Waals surface area contributed by atoms with E-state index in [4.69, 9.17) is 6.42 Å². The average molecular weight is 582 g/mol. The van der Waals surface area contributed by atoms with Crippen molar-refractivity contribution >= 4 is 27.7 Å². The molecule has 0 bridgehead atoms. The largest absolute Gasteiger partial charge is 0.339 e. The summed E-state index contributed by atoms with van der Waals surface area (Å²) in [7, 11) is 0. The van der Waals surface area contributed by atoms with E-state index in [9.17, 15) is 9.59 Å². The first-order valence-electron chi connectivity index (χ1n) is 13.5. The van der Waals surface area contributed by atoms with Crippen molar-refractivity contribution in [3.63, 3.8) is 0 Å². The van der Waals surface area contributed by atoms with E-state index in [1.165, 1.54) is 0 Å². The third kappa shape index (κ3) is 8.34. The molecule has 4 nitrogen and oxygen atoms in total. The Balaban J connectivity index is 0.000000193. The van der Waals surface area contributed by atoms with Crippen LogP contribution in [0.3, 0.4) is 0 Å². The van der Waals surface area contributed by atoms with E-state index in [0.717, 1.165) is 73.0 Å². The molecule has 5 rings (SSSR count). The highest BCUT2D eigenvalue weighted by Crippen LogP contribution is 2.20. The molecule has 2 saturated heterocycles. The number of carbonyl (C=O) groups is 2. The highest BCUT2D eigenvalue weighted by Gasteiger charge is 2.23. The van der Waals surface area contributed by atoms with Crippen LogP contribution in [-0.4, -0.2) is 47.8 Å². The van der Waals surface area contributed by atoms with Gasteiger partial charge in [-0.1, -0.05) is 70.2 Å². The Labute approximate surface area is 240 Å². The summed E-state index contributed by atoms with van der Waals surface area (Å²) in [6.45, 7) is 3.13. The van der Waals surface area contributed by atoms with Crippen molar-refractivity contribution in [1.29, 1.82) is 0 Å². The molecule has 3 aromatic rings. The van der Waals surface area contributed by atoms with E-state index in [1.54, 1.807) is 0 Å². The number of carbonyl (C=O) groups excluding carboxylic acids is 2. The van der Waals surface area contributed by atoms with Crippen LogP contribution in [0.25, 0.3) is 0 Å². The molecular formula is C34H33BrN2O2. The van der Waals surface area contributed by atoms with Crippen molar-refractivity contribution in [2.45, 2.75) is 25.7 Å². The van der Waals surface area contributed by atoms with E-state index in [-0.39, 0.29) is 11.8 Å². The quantitative estimate of drug-likeness (QED) is 0.323. The van der Waals surface area contributed by atoms with Gasteiger partial charge in [-0.25, -0.2) is 0 Å². The SMILES string of the molecule is C#CC1CCN(C(=O)c2ccccc2)CC1.O=C(c1ccccc1)N1CCC(C#Cc2cccc(Br)c2)CC1. The van der Waals surface area contributed by atoms with Crippen LogP contribution in [-0.2, 0) is 0 Å². The van der Waals surface area contributed by atoms with E-state index in [1.807, 2.05) is 94.7 Å². The summed E-state index contributed by atoms with van der Waals surface area (Å²) in [6, 6.07) is 27.0. The lowest BCUT2D eigenvalue weighted by Gasteiger charge is -2.29. The van der Waals surface area contributed by atoms with Gasteiger partial charge < -0.3 is 9.80 Å². The van der Waals surface area contributed by atoms with Crippen LogP contribution >= 0.6 is 15.9 Å². The van der Waals surface area contributed by atoms with Crippen molar-refractivity contribution in [2.24, 2.45) is 11.8 Å². The second-order valence-corrected chi connectivity index (χ2v) is 10.7. The molecule has 0 radical (unpaired) electrons. The van der Waals surface area contributed by atoms with Crippen LogP contribution in [0.4, 0.5) is 0 Å². The van der Waals surface area contributed by atoms with Crippen molar-refractivity contribution in [2.75, 3.05) is 26.2 Å². The molecule has 5 heteroatoms. The first-order chi connectivity index (χ1) is 19.0. The molecule has 2 fully saturated rings. The Kier molecular flexibility index (Phi) is 10.4. The minimum Gasteiger partial charge on any atom is -0.339 e. The third-order valence-electron chi connectivity index (χ3n) is 7.09. The number of terminal acetylenes is 1. The molecule has 2 aliphatic rings. The summed E-state index contributed by atoms with van der Waals surface area (Å²) < 4.78 is 1.05. The van der Waals surface area contributed by atoms with Crippen molar-refractivity contribution in [1.82, 2.24) is 9.80 Å². The highest BCUT2D eigenvalue weighted by atomic mass is 79.9. The van der Waals surface area contributed by atoms with Gasteiger partial charge in [0.2, 0.25) is 0 Å². The second-order valence-electron chi connectivity index (χ2n) is 9.81. The molecular weight excluding hydrogens is 548 g/mol. The fraction of sp³-hybridized carbons (Fsp3) is 0.294. The predicted molar refractivity (Wildman–Crippen MR) is 160 cm³/mol. The van der Waals surface area contributed by atoms with Gasteiger partial charge in [-0.05, 0) is 68.1 Å². The van der Waals surface area contributed by atoms with Gasteiger partial charge in [0.05, 0.1) is 0 Å². The maximum absolute atomic E-state index is 12.4. The van der Waals surface area contributed by atoms with E-state index >= 15 is 0 Å². The van der Waals surface area contributed by atoms with Gasteiger partial charge in [0.1, 0.15) is 0 Å². The Bertz CT molecular complexity index is 1340. The van der Waals surface area contributed by atoms with Gasteiger partial charge in [-0.3, -0.25) is 9.59 Å². The minimum absolute atomic E-state index is 0.121. The lowest BCUT2D eigenvalue weighted by Crippen LogP contribution is -2.38. The highest BCUT2D eigenvalue weighted by molar-refractivity contribution is 9.10. The number of benzene rings is 3. The van der Waals surface area contributed by atoms with Crippen molar-refractivity contribution < 1.29 is 9.59 Å². The van der Waals surface area contributed by atoms with Crippen molar-refractivity contribution in [3.8, 4) is 24.2 Å². The zero-order valence-electron chi connectivity index (χ0n) is 22.1. The molecule has 0 atom stereocenters. The topological polar surface area (TPSA) is 40.6 Å².